The Hall–Kier alpha value is -1.45. The molecule has 1 amide bonds. The SMILES string of the molecule is O=C1c2ccccc2CN1CC1CC1(F)F. The number of carbonyl (C=O) groups is 1. The first-order valence-electron chi connectivity index (χ1n) is 5.33. The maximum atomic E-state index is 12.8. The molecule has 1 aromatic carbocycles. The van der Waals surface area contributed by atoms with Crippen molar-refractivity contribution in [1.29, 1.82) is 0 Å². The van der Waals surface area contributed by atoms with E-state index in [2.05, 4.69) is 0 Å². The van der Waals surface area contributed by atoms with Gasteiger partial charge in [-0.25, -0.2) is 8.78 Å². The summed E-state index contributed by atoms with van der Waals surface area (Å²) < 4.78 is 25.5. The largest absolute Gasteiger partial charge is 0.334 e. The summed E-state index contributed by atoms with van der Waals surface area (Å²) in [5, 5.41) is 0. The standard InChI is InChI=1S/C12H11F2NO/c13-12(14)5-9(12)7-15-6-8-3-1-2-4-10(8)11(15)16/h1-4,9H,5-7H2. The topological polar surface area (TPSA) is 20.3 Å². The number of carbonyl (C=O) groups excluding carboxylic acids is 1. The van der Waals surface area contributed by atoms with Crippen LogP contribution in [0.15, 0.2) is 24.3 Å². The second kappa shape index (κ2) is 3.03. The Labute approximate surface area is 91.9 Å². The number of hydrogen-bond donors (Lipinski definition) is 0. The van der Waals surface area contributed by atoms with Crippen LogP contribution in [0, 0.1) is 5.92 Å². The number of benzene rings is 1. The van der Waals surface area contributed by atoms with E-state index in [1.165, 1.54) is 4.90 Å². The second-order valence-corrected chi connectivity index (χ2v) is 4.50. The van der Waals surface area contributed by atoms with Gasteiger partial charge in [0, 0.05) is 31.0 Å². The van der Waals surface area contributed by atoms with Crippen LogP contribution in [0.3, 0.4) is 0 Å². The lowest BCUT2D eigenvalue weighted by molar-refractivity contribution is 0.0677. The Kier molecular flexibility index (Phi) is 1.85. The summed E-state index contributed by atoms with van der Waals surface area (Å²) in [6.45, 7) is 0.655. The van der Waals surface area contributed by atoms with Crippen molar-refractivity contribution in [1.82, 2.24) is 4.90 Å². The highest BCUT2D eigenvalue weighted by atomic mass is 19.3. The highest BCUT2D eigenvalue weighted by Crippen LogP contribution is 2.49. The van der Waals surface area contributed by atoms with Crippen LogP contribution in [0.1, 0.15) is 22.3 Å². The number of hydrogen-bond acceptors (Lipinski definition) is 1. The molecule has 0 radical (unpaired) electrons. The third-order valence-electron chi connectivity index (χ3n) is 3.29. The van der Waals surface area contributed by atoms with E-state index in [1.807, 2.05) is 12.1 Å². The molecule has 1 saturated carbocycles. The zero-order valence-electron chi connectivity index (χ0n) is 8.62. The van der Waals surface area contributed by atoms with Crippen LogP contribution in [-0.2, 0) is 6.54 Å². The maximum Gasteiger partial charge on any atom is 0.254 e. The zero-order chi connectivity index (χ0) is 11.3. The van der Waals surface area contributed by atoms with E-state index in [0.29, 0.717) is 12.1 Å². The van der Waals surface area contributed by atoms with Crippen LogP contribution in [-0.4, -0.2) is 23.3 Å². The smallest absolute Gasteiger partial charge is 0.254 e. The molecule has 1 aliphatic heterocycles. The van der Waals surface area contributed by atoms with Crippen molar-refractivity contribution in [2.45, 2.75) is 18.9 Å². The fraction of sp³-hybridized carbons (Fsp3) is 0.417. The fourth-order valence-electron chi connectivity index (χ4n) is 2.20. The minimum Gasteiger partial charge on any atom is -0.334 e. The Morgan fingerprint density at radius 3 is 2.69 bits per heavy atom. The van der Waals surface area contributed by atoms with Gasteiger partial charge < -0.3 is 4.90 Å². The van der Waals surface area contributed by atoms with E-state index in [9.17, 15) is 13.6 Å². The minimum atomic E-state index is -2.55. The first-order valence-corrected chi connectivity index (χ1v) is 5.33. The molecule has 2 nitrogen and oxygen atoms in total. The van der Waals surface area contributed by atoms with Crippen molar-refractivity contribution in [2.75, 3.05) is 6.54 Å². The number of alkyl halides is 2. The molecule has 1 aromatic rings. The minimum absolute atomic E-state index is 0.0763. The fourth-order valence-corrected chi connectivity index (χ4v) is 2.20. The van der Waals surface area contributed by atoms with Gasteiger partial charge >= 0.3 is 0 Å². The van der Waals surface area contributed by atoms with E-state index in [-0.39, 0.29) is 18.9 Å². The highest BCUT2D eigenvalue weighted by Gasteiger charge is 2.57. The van der Waals surface area contributed by atoms with Gasteiger partial charge in [-0.05, 0) is 11.6 Å². The third-order valence-corrected chi connectivity index (χ3v) is 3.29. The van der Waals surface area contributed by atoms with Crippen LogP contribution in [0.25, 0.3) is 0 Å². The lowest BCUT2D eigenvalue weighted by Gasteiger charge is -2.14. The molecule has 1 unspecified atom stereocenters. The molecule has 0 aromatic heterocycles. The predicted molar refractivity (Wildman–Crippen MR) is 54.2 cm³/mol. The first kappa shape index (κ1) is 9.75. The monoisotopic (exact) mass is 223 g/mol. The zero-order valence-corrected chi connectivity index (χ0v) is 8.62. The summed E-state index contributed by atoms with van der Waals surface area (Å²) in [5.74, 6) is -3.29. The molecule has 1 atom stereocenters. The second-order valence-electron chi connectivity index (χ2n) is 4.50. The molecule has 0 bridgehead atoms. The van der Waals surface area contributed by atoms with Crippen LogP contribution in [0.5, 0.6) is 0 Å². The Morgan fingerprint density at radius 1 is 1.38 bits per heavy atom. The van der Waals surface area contributed by atoms with Gasteiger partial charge in [-0.1, -0.05) is 18.2 Å². The van der Waals surface area contributed by atoms with Crippen molar-refractivity contribution in [3.8, 4) is 0 Å². The summed E-state index contributed by atoms with van der Waals surface area (Å²) >= 11 is 0. The maximum absolute atomic E-state index is 12.8. The molecule has 0 spiro atoms. The summed E-state index contributed by atoms with van der Waals surface area (Å²) in [7, 11) is 0. The van der Waals surface area contributed by atoms with E-state index in [0.717, 1.165) is 5.56 Å². The summed E-state index contributed by atoms with van der Waals surface area (Å²) in [6.07, 6.45) is -0.0763. The lowest BCUT2D eigenvalue weighted by atomic mass is 10.1. The molecule has 0 N–H and O–H groups in total. The van der Waals surface area contributed by atoms with E-state index < -0.39 is 11.8 Å². The summed E-state index contributed by atoms with van der Waals surface area (Å²) in [6, 6.07) is 7.29. The number of amides is 1. The summed E-state index contributed by atoms with van der Waals surface area (Å²) in [4.78, 5) is 13.4. The molecular formula is C12H11F2NO. The van der Waals surface area contributed by atoms with E-state index >= 15 is 0 Å². The van der Waals surface area contributed by atoms with Gasteiger partial charge in [0.05, 0.1) is 0 Å². The van der Waals surface area contributed by atoms with Gasteiger partial charge in [0.1, 0.15) is 0 Å². The Morgan fingerprint density at radius 2 is 2.06 bits per heavy atom. The van der Waals surface area contributed by atoms with E-state index in [4.69, 9.17) is 0 Å². The van der Waals surface area contributed by atoms with Crippen molar-refractivity contribution in [3.63, 3.8) is 0 Å². The van der Waals surface area contributed by atoms with Gasteiger partial charge in [-0.3, -0.25) is 4.79 Å². The van der Waals surface area contributed by atoms with Crippen molar-refractivity contribution >= 4 is 5.91 Å². The molecule has 16 heavy (non-hydrogen) atoms. The first-order chi connectivity index (χ1) is 7.58. The third kappa shape index (κ3) is 1.40. The molecule has 1 aliphatic carbocycles. The van der Waals surface area contributed by atoms with E-state index in [1.54, 1.807) is 12.1 Å². The number of rotatable bonds is 2. The van der Waals surface area contributed by atoms with Gasteiger partial charge in [-0.15, -0.1) is 0 Å². The van der Waals surface area contributed by atoms with Crippen LogP contribution in [0.2, 0.25) is 0 Å². The average Bonchev–Trinajstić information content (AvgIpc) is 2.71. The van der Waals surface area contributed by atoms with Crippen molar-refractivity contribution < 1.29 is 13.6 Å². The molecule has 1 heterocycles. The van der Waals surface area contributed by atoms with Crippen LogP contribution in [0.4, 0.5) is 8.78 Å². The van der Waals surface area contributed by atoms with Crippen molar-refractivity contribution in [3.05, 3.63) is 35.4 Å². The molecular weight excluding hydrogens is 212 g/mol. The number of nitrogens with zero attached hydrogens (tertiary/aromatic N) is 1. The average molecular weight is 223 g/mol. The normalized spacial score (nSPS) is 25.8. The van der Waals surface area contributed by atoms with Crippen LogP contribution < -0.4 is 0 Å². The van der Waals surface area contributed by atoms with Gasteiger partial charge in [0.2, 0.25) is 0 Å². The molecule has 2 aliphatic rings. The highest BCUT2D eigenvalue weighted by molar-refractivity contribution is 5.98. The Balaban J connectivity index is 1.75. The Bertz CT molecular complexity index is 458. The molecule has 3 rings (SSSR count). The molecule has 0 saturated heterocycles. The summed E-state index contributed by atoms with van der Waals surface area (Å²) in [5.41, 5.74) is 1.60. The molecule has 1 fully saturated rings. The van der Waals surface area contributed by atoms with Crippen molar-refractivity contribution in [2.24, 2.45) is 5.92 Å². The van der Waals surface area contributed by atoms with Crippen LogP contribution >= 0.6 is 0 Å². The lowest BCUT2D eigenvalue weighted by Crippen LogP contribution is -2.27. The van der Waals surface area contributed by atoms with Gasteiger partial charge in [0.15, 0.2) is 0 Å². The quantitative estimate of drug-likeness (QED) is 0.753. The predicted octanol–water partition coefficient (Wildman–Crippen LogP) is 2.30. The molecule has 4 heteroatoms. The number of fused-ring (bicyclic) bond motifs is 1. The molecule has 84 valence electrons. The number of halogens is 2. The van der Waals surface area contributed by atoms with Gasteiger partial charge in [-0.2, -0.15) is 0 Å². The van der Waals surface area contributed by atoms with Gasteiger partial charge in [0.25, 0.3) is 11.8 Å².